The molecule has 9 heteroatoms. The zero-order valence-electron chi connectivity index (χ0n) is 13.8. The molecular weight excluding hydrogens is 372 g/mol. The van der Waals surface area contributed by atoms with Crippen molar-refractivity contribution in [3.63, 3.8) is 0 Å². The van der Waals surface area contributed by atoms with Gasteiger partial charge in [-0.1, -0.05) is 29.8 Å². The number of para-hydroxylation sites is 1. The van der Waals surface area contributed by atoms with Gasteiger partial charge in [-0.25, -0.2) is 10.2 Å². The molecule has 0 saturated heterocycles. The average Bonchev–Trinajstić information content (AvgIpc) is 3.11. The fourth-order valence-electron chi connectivity index (χ4n) is 2.22. The van der Waals surface area contributed by atoms with Crippen LogP contribution in [0.4, 0.5) is 16.2 Å². The van der Waals surface area contributed by atoms with Crippen LogP contribution in [-0.2, 0) is 0 Å². The summed E-state index contributed by atoms with van der Waals surface area (Å²) in [5.74, 6) is 0.796. The highest BCUT2D eigenvalue weighted by atomic mass is 35.5. The second-order valence-corrected chi connectivity index (χ2v) is 5.72. The molecule has 3 rings (SSSR count). The van der Waals surface area contributed by atoms with E-state index in [9.17, 15) is 14.9 Å². The van der Waals surface area contributed by atoms with Crippen LogP contribution >= 0.6 is 11.6 Å². The number of nitrogens with zero attached hydrogens (tertiary/aromatic N) is 2. The SMILES string of the molecule is O=C(NN=Cc1ccc(-c2ccc([N+](=O)[O-])cc2Cl)o1)Nc1ccccc1. The molecule has 27 heavy (non-hydrogen) atoms. The van der Waals surface area contributed by atoms with E-state index in [1.54, 1.807) is 36.4 Å². The van der Waals surface area contributed by atoms with Crippen LogP contribution in [0.15, 0.2) is 70.2 Å². The largest absolute Gasteiger partial charge is 0.455 e. The molecular formula is C18H13ClN4O4. The molecule has 0 atom stereocenters. The first-order chi connectivity index (χ1) is 13.0. The number of hydrogen-bond acceptors (Lipinski definition) is 5. The molecule has 0 aliphatic heterocycles. The number of non-ortho nitro benzene ring substituents is 1. The molecule has 2 aromatic carbocycles. The van der Waals surface area contributed by atoms with Crippen molar-refractivity contribution in [3.8, 4) is 11.3 Å². The van der Waals surface area contributed by atoms with Gasteiger partial charge in [-0.05, 0) is 30.3 Å². The first-order valence-electron chi connectivity index (χ1n) is 7.72. The van der Waals surface area contributed by atoms with Gasteiger partial charge in [0, 0.05) is 23.4 Å². The zero-order valence-corrected chi connectivity index (χ0v) is 14.5. The minimum atomic E-state index is -0.526. The average molecular weight is 385 g/mol. The van der Waals surface area contributed by atoms with Crippen molar-refractivity contribution in [2.75, 3.05) is 5.32 Å². The number of rotatable bonds is 5. The maximum atomic E-state index is 11.7. The Bertz CT molecular complexity index is 1000. The lowest BCUT2D eigenvalue weighted by atomic mass is 10.1. The fourth-order valence-corrected chi connectivity index (χ4v) is 2.49. The van der Waals surface area contributed by atoms with E-state index in [0.29, 0.717) is 22.8 Å². The smallest absolute Gasteiger partial charge is 0.339 e. The van der Waals surface area contributed by atoms with Crippen LogP contribution in [0.5, 0.6) is 0 Å². The monoisotopic (exact) mass is 384 g/mol. The van der Waals surface area contributed by atoms with E-state index in [0.717, 1.165) is 0 Å². The van der Waals surface area contributed by atoms with Crippen molar-refractivity contribution in [2.45, 2.75) is 0 Å². The Morgan fingerprint density at radius 1 is 1.15 bits per heavy atom. The fraction of sp³-hybridized carbons (Fsp3) is 0. The van der Waals surface area contributed by atoms with Crippen molar-refractivity contribution < 1.29 is 14.1 Å². The topological polar surface area (TPSA) is 110 Å². The normalized spacial score (nSPS) is 10.7. The third-order valence-corrected chi connectivity index (χ3v) is 3.76. The lowest BCUT2D eigenvalue weighted by Gasteiger charge is -2.02. The molecule has 0 bridgehead atoms. The predicted molar refractivity (Wildman–Crippen MR) is 102 cm³/mol. The number of halogens is 1. The number of carbonyl (C=O) groups is 1. The molecule has 0 aliphatic carbocycles. The molecule has 2 amide bonds. The number of hydrazone groups is 1. The van der Waals surface area contributed by atoms with E-state index in [4.69, 9.17) is 16.0 Å². The highest BCUT2D eigenvalue weighted by Crippen LogP contribution is 2.31. The van der Waals surface area contributed by atoms with E-state index >= 15 is 0 Å². The molecule has 3 aromatic rings. The zero-order chi connectivity index (χ0) is 19.2. The number of nitrogens with one attached hydrogen (secondary N) is 2. The number of hydrogen-bond donors (Lipinski definition) is 2. The van der Waals surface area contributed by atoms with Crippen molar-refractivity contribution in [2.24, 2.45) is 5.10 Å². The third kappa shape index (κ3) is 4.71. The minimum Gasteiger partial charge on any atom is -0.455 e. The van der Waals surface area contributed by atoms with Gasteiger partial charge < -0.3 is 9.73 Å². The van der Waals surface area contributed by atoms with Gasteiger partial charge >= 0.3 is 6.03 Å². The summed E-state index contributed by atoms with van der Waals surface area (Å²) in [6.45, 7) is 0. The molecule has 0 saturated carbocycles. The highest BCUT2D eigenvalue weighted by Gasteiger charge is 2.13. The van der Waals surface area contributed by atoms with Crippen LogP contribution in [0.3, 0.4) is 0 Å². The molecule has 1 aromatic heterocycles. The molecule has 0 fully saturated rings. The van der Waals surface area contributed by atoms with Gasteiger partial charge in [0.25, 0.3) is 5.69 Å². The van der Waals surface area contributed by atoms with Crippen LogP contribution in [0.25, 0.3) is 11.3 Å². The molecule has 0 aliphatic rings. The van der Waals surface area contributed by atoms with Crippen LogP contribution in [0.2, 0.25) is 5.02 Å². The number of anilines is 1. The summed E-state index contributed by atoms with van der Waals surface area (Å²) in [7, 11) is 0. The maximum absolute atomic E-state index is 11.7. The van der Waals surface area contributed by atoms with Gasteiger partial charge in [0.05, 0.1) is 16.2 Å². The molecule has 1 heterocycles. The van der Waals surface area contributed by atoms with Crippen LogP contribution in [0.1, 0.15) is 5.76 Å². The van der Waals surface area contributed by atoms with Crippen LogP contribution < -0.4 is 10.7 Å². The lowest BCUT2D eigenvalue weighted by Crippen LogP contribution is -2.24. The molecule has 136 valence electrons. The summed E-state index contributed by atoms with van der Waals surface area (Å²) >= 11 is 6.08. The van der Waals surface area contributed by atoms with E-state index in [-0.39, 0.29) is 10.7 Å². The lowest BCUT2D eigenvalue weighted by molar-refractivity contribution is -0.384. The number of urea groups is 1. The summed E-state index contributed by atoms with van der Waals surface area (Å²) in [6, 6.07) is 15.8. The molecule has 2 N–H and O–H groups in total. The summed E-state index contributed by atoms with van der Waals surface area (Å²) < 4.78 is 5.58. The Morgan fingerprint density at radius 2 is 1.93 bits per heavy atom. The standard InChI is InChI=1S/C18H13ClN4O4/c19-16-10-13(23(25)26)6-8-15(16)17-9-7-14(27-17)11-20-22-18(24)21-12-4-2-1-3-5-12/h1-11H,(H2,21,22,24). The molecule has 8 nitrogen and oxygen atoms in total. The number of amides is 2. The van der Waals surface area contributed by atoms with E-state index < -0.39 is 11.0 Å². The Hall–Kier alpha value is -3.65. The van der Waals surface area contributed by atoms with Gasteiger partial charge in [-0.3, -0.25) is 10.1 Å². The maximum Gasteiger partial charge on any atom is 0.339 e. The first kappa shape index (κ1) is 18.2. The van der Waals surface area contributed by atoms with Crippen molar-refractivity contribution in [1.29, 1.82) is 0 Å². The van der Waals surface area contributed by atoms with Crippen molar-refractivity contribution in [1.82, 2.24) is 5.43 Å². The van der Waals surface area contributed by atoms with Gasteiger partial charge in [0.1, 0.15) is 11.5 Å². The molecule has 0 unspecified atom stereocenters. The second kappa shape index (κ2) is 8.15. The first-order valence-corrected chi connectivity index (χ1v) is 8.10. The quantitative estimate of drug-likeness (QED) is 0.378. The van der Waals surface area contributed by atoms with Crippen LogP contribution in [-0.4, -0.2) is 17.2 Å². The Kier molecular flexibility index (Phi) is 5.48. The Labute approximate surface area is 158 Å². The number of furan rings is 1. The minimum absolute atomic E-state index is 0.106. The van der Waals surface area contributed by atoms with E-state index in [1.165, 1.54) is 24.4 Å². The summed E-state index contributed by atoms with van der Waals surface area (Å²) in [6.07, 6.45) is 1.33. The van der Waals surface area contributed by atoms with Gasteiger partial charge in [-0.15, -0.1) is 0 Å². The number of carbonyl (C=O) groups excluding carboxylic acids is 1. The summed E-state index contributed by atoms with van der Waals surface area (Å²) in [4.78, 5) is 22.0. The third-order valence-electron chi connectivity index (χ3n) is 3.45. The van der Waals surface area contributed by atoms with Gasteiger partial charge in [-0.2, -0.15) is 5.10 Å². The van der Waals surface area contributed by atoms with E-state index in [1.807, 2.05) is 6.07 Å². The Morgan fingerprint density at radius 3 is 2.63 bits per heavy atom. The van der Waals surface area contributed by atoms with Crippen molar-refractivity contribution in [3.05, 3.63) is 81.6 Å². The molecule has 0 spiro atoms. The molecule has 0 radical (unpaired) electrons. The van der Waals surface area contributed by atoms with E-state index in [2.05, 4.69) is 15.8 Å². The Balaban J connectivity index is 1.63. The van der Waals surface area contributed by atoms with Crippen LogP contribution in [0, 0.1) is 10.1 Å². The van der Waals surface area contributed by atoms with Gasteiger partial charge in [0.2, 0.25) is 0 Å². The number of nitro groups is 1. The highest BCUT2D eigenvalue weighted by molar-refractivity contribution is 6.33. The number of benzene rings is 2. The number of nitro benzene ring substituents is 1. The second-order valence-electron chi connectivity index (χ2n) is 5.31. The summed E-state index contributed by atoms with van der Waals surface area (Å²) in [5, 5.41) is 17.4. The van der Waals surface area contributed by atoms with Crippen molar-refractivity contribution >= 4 is 35.2 Å². The summed E-state index contributed by atoms with van der Waals surface area (Å²) in [5.41, 5.74) is 3.36. The predicted octanol–water partition coefficient (Wildman–Crippen LogP) is 4.66. The van der Waals surface area contributed by atoms with Gasteiger partial charge in [0.15, 0.2) is 0 Å².